The Morgan fingerprint density at radius 1 is 0.705 bits per heavy atom. The maximum Gasteiger partial charge on any atom is 0.409 e. The predicted molar refractivity (Wildman–Crippen MR) is 239 cm³/mol. The molecule has 2 aromatic heterocycles. The Balaban J connectivity index is 0.000000331. The molecule has 0 radical (unpaired) electrons. The molecule has 0 atom stereocenters. The first-order valence-corrected chi connectivity index (χ1v) is 19.1. The van der Waals surface area contributed by atoms with Crippen molar-refractivity contribution in [2.75, 3.05) is 82.9 Å². The summed E-state index contributed by atoms with van der Waals surface area (Å²) in [6.07, 6.45) is 4.08. The third-order valence-electron chi connectivity index (χ3n) is 8.92. The molecule has 0 bridgehead atoms. The second kappa shape index (κ2) is 27.6. The number of hydrogen-bond acceptors (Lipinski definition) is 12. The van der Waals surface area contributed by atoms with Crippen LogP contribution >= 0.6 is 0 Å². The SMILES string of the molecule is C.C=C=C=C.COC(=O)N1CCN(Cc2cccc(N)c2)CC1.COC(=O)N1CCN(Cc2cccc(NC(=O)Nc3ccc(C)nc3)c2)CC1.Cc1ccc(N=C=O)cn1. The van der Waals surface area contributed by atoms with Crippen molar-refractivity contribution < 1.29 is 28.7 Å². The van der Waals surface area contributed by atoms with Crippen molar-refractivity contribution in [1.82, 2.24) is 29.6 Å². The monoisotopic (exact) mass is 834 g/mol. The van der Waals surface area contributed by atoms with Crippen LogP contribution in [0.15, 0.2) is 115 Å². The Hall–Kier alpha value is -7.05. The van der Waals surface area contributed by atoms with E-state index in [2.05, 4.69) is 66.1 Å². The highest BCUT2D eigenvalue weighted by molar-refractivity contribution is 5.99. The minimum atomic E-state index is -0.311. The van der Waals surface area contributed by atoms with E-state index in [1.165, 1.54) is 32.1 Å². The van der Waals surface area contributed by atoms with Crippen LogP contribution in [0.1, 0.15) is 29.9 Å². The number of nitrogens with two attached hydrogens (primary N) is 1. The van der Waals surface area contributed by atoms with Gasteiger partial charge in [0.05, 0.1) is 38.0 Å². The number of ether oxygens (including phenoxy) is 2. The number of urea groups is 1. The molecule has 4 amide bonds. The van der Waals surface area contributed by atoms with Crippen molar-refractivity contribution in [3.8, 4) is 0 Å². The topological polar surface area (TPSA) is 188 Å². The largest absolute Gasteiger partial charge is 0.453 e. The van der Waals surface area contributed by atoms with Crippen LogP contribution in [-0.4, -0.2) is 120 Å². The van der Waals surface area contributed by atoms with Gasteiger partial charge in [0.15, 0.2) is 0 Å². The summed E-state index contributed by atoms with van der Waals surface area (Å²) in [5, 5.41) is 5.61. The number of hydrogen-bond donors (Lipinski definition) is 3. The van der Waals surface area contributed by atoms with E-state index in [1.54, 1.807) is 28.1 Å². The molecule has 2 saturated heterocycles. The van der Waals surface area contributed by atoms with Crippen LogP contribution in [0.4, 0.5) is 37.1 Å². The highest BCUT2D eigenvalue weighted by Gasteiger charge is 2.22. The first-order valence-electron chi connectivity index (χ1n) is 19.1. The quantitative estimate of drug-likeness (QED) is 0.0741. The molecule has 16 heteroatoms. The average molecular weight is 835 g/mol. The normalized spacial score (nSPS) is 13.1. The zero-order valence-electron chi connectivity index (χ0n) is 34.7. The number of carbonyl (C=O) groups excluding carboxylic acids is 4. The van der Waals surface area contributed by atoms with Crippen molar-refractivity contribution in [3.05, 3.63) is 132 Å². The maximum absolute atomic E-state index is 12.2. The molecule has 324 valence electrons. The minimum Gasteiger partial charge on any atom is -0.453 e. The number of piperazine rings is 2. The standard InChI is InChI=1S/C20H25N5O3.C13H19N3O2.C7H6N2O.C4H4.CH4/c1-15-6-7-18(13-21-15)23-19(26)22-17-5-3-4-16(12-17)14-24-8-10-25(11-9-24)20(27)28-2;1-18-13(17)16-7-5-15(6-8-16)10-11-3-2-4-12(14)9-11;1-6-2-3-7(4-8-6)9-5-10;1-3-4-2;/h3-7,12-13H,8-11,14H2,1-2H3,(H2,22,23,26);2-4,9H,5-8,10,14H2,1H3;2-4H,1H3;1-2H2;1H4. The lowest BCUT2D eigenvalue weighted by molar-refractivity contribution is 0.0884. The van der Waals surface area contributed by atoms with E-state index in [9.17, 15) is 19.2 Å². The summed E-state index contributed by atoms with van der Waals surface area (Å²) in [6.45, 7) is 17.8. The third-order valence-corrected chi connectivity index (χ3v) is 8.92. The number of aryl methyl sites for hydroxylation is 2. The Morgan fingerprint density at radius 2 is 1.20 bits per heavy atom. The second-order valence-corrected chi connectivity index (χ2v) is 13.4. The number of nitrogens with zero attached hydrogens (tertiary/aromatic N) is 7. The third kappa shape index (κ3) is 19.0. The zero-order valence-corrected chi connectivity index (χ0v) is 34.7. The van der Waals surface area contributed by atoms with Crippen LogP contribution in [0.5, 0.6) is 0 Å². The number of methoxy groups -OCH3 is 2. The summed E-state index contributed by atoms with van der Waals surface area (Å²) < 4.78 is 9.47. The minimum absolute atomic E-state index is 0. The average Bonchev–Trinajstić information content (AvgIpc) is 3.26. The number of isocyanates is 1. The van der Waals surface area contributed by atoms with Gasteiger partial charge < -0.3 is 35.6 Å². The Kier molecular flexibility index (Phi) is 22.7. The molecule has 61 heavy (non-hydrogen) atoms. The molecule has 2 fully saturated rings. The van der Waals surface area contributed by atoms with Gasteiger partial charge in [-0.2, -0.15) is 4.99 Å². The van der Waals surface area contributed by atoms with Crippen LogP contribution in [0.25, 0.3) is 0 Å². The molecule has 0 spiro atoms. The summed E-state index contributed by atoms with van der Waals surface area (Å²) in [4.78, 5) is 64.3. The summed E-state index contributed by atoms with van der Waals surface area (Å²) in [5.74, 6) is 0. The molecule has 4 heterocycles. The first-order chi connectivity index (χ1) is 29.0. The number of anilines is 3. The van der Waals surface area contributed by atoms with Crippen LogP contribution in [0.2, 0.25) is 0 Å². The summed E-state index contributed by atoms with van der Waals surface area (Å²) >= 11 is 0. The van der Waals surface area contributed by atoms with E-state index in [0.717, 1.165) is 80.7 Å². The number of carbonyl (C=O) groups is 3. The number of pyridine rings is 2. The number of aromatic nitrogens is 2. The van der Waals surface area contributed by atoms with E-state index >= 15 is 0 Å². The molecular formula is C45H58N10O6. The maximum atomic E-state index is 12.2. The summed E-state index contributed by atoms with van der Waals surface area (Å²) in [5.41, 5.74) is 17.2. The number of rotatable bonds is 7. The number of nitrogens with one attached hydrogen (secondary N) is 2. The highest BCUT2D eigenvalue weighted by Crippen LogP contribution is 2.16. The van der Waals surface area contributed by atoms with E-state index in [1.807, 2.05) is 68.4 Å². The molecule has 0 aliphatic carbocycles. The van der Waals surface area contributed by atoms with E-state index in [-0.39, 0.29) is 25.6 Å². The van der Waals surface area contributed by atoms with Gasteiger partial charge in [-0.05, 0) is 86.7 Å². The van der Waals surface area contributed by atoms with Crippen LogP contribution in [0.3, 0.4) is 0 Å². The second-order valence-electron chi connectivity index (χ2n) is 13.4. The lowest BCUT2D eigenvalue weighted by Crippen LogP contribution is -2.48. The van der Waals surface area contributed by atoms with Gasteiger partial charge >= 0.3 is 18.2 Å². The van der Waals surface area contributed by atoms with Gasteiger partial charge in [0.2, 0.25) is 6.08 Å². The van der Waals surface area contributed by atoms with Gasteiger partial charge in [0.1, 0.15) is 0 Å². The van der Waals surface area contributed by atoms with Gasteiger partial charge in [-0.25, -0.2) is 19.2 Å². The molecular weight excluding hydrogens is 777 g/mol. The molecule has 2 aliphatic heterocycles. The fraction of sp³-hybridized carbons (Fsp3) is 0.333. The van der Waals surface area contributed by atoms with Crippen molar-refractivity contribution in [2.24, 2.45) is 4.99 Å². The zero-order chi connectivity index (χ0) is 43.7. The highest BCUT2D eigenvalue weighted by atomic mass is 16.5. The first kappa shape index (κ1) is 50.1. The van der Waals surface area contributed by atoms with E-state index in [4.69, 9.17) is 15.2 Å². The molecule has 0 saturated carbocycles. The molecule has 0 unspecified atom stereocenters. The van der Waals surface area contributed by atoms with E-state index in [0.29, 0.717) is 24.5 Å². The number of aliphatic imine (C=N–C) groups is 1. The van der Waals surface area contributed by atoms with Crippen molar-refractivity contribution in [2.45, 2.75) is 34.4 Å². The van der Waals surface area contributed by atoms with E-state index < -0.39 is 0 Å². The van der Waals surface area contributed by atoms with Crippen LogP contribution in [-0.2, 0) is 27.4 Å². The van der Waals surface area contributed by atoms with Gasteiger partial charge in [0, 0.05) is 88.2 Å². The number of benzene rings is 2. The Morgan fingerprint density at radius 3 is 1.64 bits per heavy atom. The molecule has 2 aromatic carbocycles. The summed E-state index contributed by atoms with van der Waals surface area (Å²) in [7, 11) is 2.82. The smallest absolute Gasteiger partial charge is 0.409 e. The Bertz CT molecular complexity index is 2070. The van der Waals surface area contributed by atoms with Crippen molar-refractivity contribution in [1.29, 1.82) is 0 Å². The lowest BCUT2D eigenvalue weighted by atomic mass is 10.1. The fourth-order valence-corrected chi connectivity index (χ4v) is 5.80. The fourth-order valence-electron chi connectivity index (χ4n) is 5.80. The lowest BCUT2D eigenvalue weighted by Gasteiger charge is -2.33. The van der Waals surface area contributed by atoms with Crippen molar-refractivity contribution in [3.63, 3.8) is 0 Å². The number of amides is 4. The van der Waals surface area contributed by atoms with Gasteiger partial charge in [-0.15, -0.1) is 0 Å². The van der Waals surface area contributed by atoms with Crippen LogP contribution < -0.4 is 16.4 Å². The molecule has 2 aliphatic rings. The van der Waals surface area contributed by atoms with Crippen LogP contribution in [0, 0.1) is 13.8 Å². The van der Waals surface area contributed by atoms with Gasteiger partial charge in [-0.1, -0.05) is 43.2 Å². The predicted octanol–water partition coefficient (Wildman–Crippen LogP) is 7.18. The molecule has 6 rings (SSSR count). The Labute approximate surface area is 359 Å². The van der Waals surface area contributed by atoms with Gasteiger partial charge in [0.25, 0.3) is 0 Å². The summed E-state index contributed by atoms with van der Waals surface area (Å²) in [6, 6.07) is 22.5. The molecule has 4 N–H and O–H groups in total. The van der Waals surface area contributed by atoms with Gasteiger partial charge in [-0.3, -0.25) is 19.8 Å². The number of nitrogen functional groups attached to an aromatic ring is 1. The molecule has 4 aromatic rings. The van der Waals surface area contributed by atoms with Crippen molar-refractivity contribution >= 4 is 47.0 Å². The molecule has 16 nitrogen and oxygen atoms in total.